The van der Waals surface area contributed by atoms with Crippen LogP contribution in [0.5, 0.6) is 11.5 Å². The molecule has 0 bridgehead atoms. The van der Waals surface area contributed by atoms with E-state index >= 15 is 0 Å². The van der Waals surface area contributed by atoms with E-state index in [0.717, 1.165) is 11.5 Å². The molecule has 2 heteroatoms. The van der Waals surface area contributed by atoms with E-state index in [4.69, 9.17) is 9.15 Å². The maximum atomic E-state index is 5.48. The summed E-state index contributed by atoms with van der Waals surface area (Å²) >= 11 is 0. The number of hydrogen-bond acceptors (Lipinski definition) is 2. The van der Waals surface area contributed by atoms with Crippen LogP contribution in [0.25, 0.3) is 0 Å². The Labute approximate surface area is 76.8 Å². The Kier molecular flexibility index (Phi) is 2.04. The van der Waals surface area contributed by atoms with E-state index in [1.807, 2.05) is 31.2 Å². The minimum absolute atomic E-state index is 0.726. The fourth-order valence-corrected chi connectivity index (χ4v) is 1.05. The number of hydrogen-bond donors (Lipinski definition) is 0. The van der Waals surface area contributed by atoms with Gasteiger partial charge in [-0.3, -0.25) is 0 Å². The number of rotatable bonds is 2. The lowest BCUT2D eigenvalue weighted by molar-refractivity contribution is 0.466. The van der Waals surface area contributed by atoms with E-state index in [1.165, 1.54) is 5.56 Å². The van der Waals surface area contributed by atoms with Crippen molar-refractivity contribution in [2.45, 2.75) is 6.92 Å². The molecule has 2 nitrogen and oxygen atoms in total. The first-order valence-electron chi connectivity index (χ1n) is 4.11. The van der Waals surface area contributed by atoms with Gasteiger partial charge in [0.1, 0.15) is 12.0 Å². The minimum atomic E-state index is 0.726. The fourth-order valence-electron chi connectivity index (χ4n) is 1.05. The maximum absolute atomic E-state index is 5.48. The van der Waals surface area contributed by atoms with E-state index in [1.54, 1.807) is 18.6 Å². The highest BCUT2D eigenvalue weighted by Crippen LogP contribution is 2.21. The molecule has 0 aliphatic rings. The van der Waals surface area contributed by atoms with Gasteiger partial charge in [-0.1, -0.05) is 17.7 Å². The zero-order valence-corrected chi connectivity index (χ0v) is 7.36. The zero-order chi connectivity index (χ0) is 9.10. The zero-order valence-electron chi connectivity index (χ0n) is 7.36. The predicted octanol–water partition coefficient (Wildman–Crippen LogP) is 3.38. The van der Waals surface area contributed by atoms with Crippen molar-refractivity contribution in [2.75, 3.05) is 0 Å². The molecule has 0 aliphatic heterocycles. The molecular weight excluding hydrogens is 164 g/mol. The Hall–Kier alpha value is -1.70. The van der Waals surface area contributed by atoms with Crippen LogP contribution >= 0.6 is 0 Å². The highest BCUT2D eigenvalue weighted by molar-refractivity contribution is 5.30. The standard InChI is InChI=1S/C11H10O2/c1-9-2-4-10(5-3-9)13-11-6-7-12-8-11/h2-8H,1H3. The van der Waals surface area contributed by atoms with Crippen molar-refractivity contribution in [3.63, 3.8) is 0 Å². The Morgan fingerprint density at radius 1 is 1.00 bits per heavy atom. The molecule has 0 unspecified atom stereocenters. The Morgan fingerprint density at radius 2 is 1.77 bits per heavy atom. The first kappa shape index (κ1) is 7.92. The van der Waals surface area contributed by atoms with Crippen LogP contribution in [0.4, 0.5) is 0 Å². The van der Waals surface area contributed by atoms with E-state index < -0.39 is 0 Å². The molecule has 2 rings (SSSR count). The number of furan rings is 1. The third-order valence-electron chi connectivity index (χ3n) is 1.75. The van der Waals surface area contributed by atoms with Crippen LogP contribution in [0.15, 0.2) is 47.3 Å². The van der Waals surface area contributed by atoms with Gasteiger partial charge in [-0.25, -0.2) is 0 Å². The second kappa shape index (κ2) is 3.35. The number of aryl methyl sites for hydroxylation is 1. The predicted molar refractivity (Wildman–Crippen MR) is 50.0 cm³/mol. The van der Waals surface area contributed by atoms with Crippen LogP contribution in [0, 0.1) is 6.92 Å². The SMILES string of the molecule is Cc1ccc(Oc2ccoc2)cc1. The number of benzene rings is 1. The van der Waals surface area contributed by atoms with Crippen LogP contribution in [-0.2, 0) is 0 Å². The quantitative estimate of drug-likeness (QED) is 0.696. The van der Waals surface area contributed by atoms with Crippen LogP contribution in [0.1, 0.15) is 5.56 Å². The lowest BCUT2D eigenvalue weighted by Crippen LogP contribution is -1.80. The summed E-state index contributed by atoms with van der Waals surface area (Å²) in [6.07, 6.45) is 3.16. The molecule has 0 fully saturated rings. The molecular formula is C11H10O2. The smallest absolute Gasteiger partial charge is 0.165 e. The van der Waals surface area contributed by atoms with Gasteiger partial charge in [0.25, 0.3) is 0 Å². The van der Waals surface area contributed by atoms with Gasteiger partial charge < -0.3 is 9.15 Å². The molecule has 0 amide bonds. The summed E-state index contributed by atoms with van der Waals surface area (Å²) in [6.45, 7) is 2.04. The lowest BCUT2D eigenvalue weighted by atomic mass is 10.2. The molecule has 0 saturated heterocycles. The van der Waals surface area contributed by atoms with Crippen molar-refractivity contribution in [2.24, 2.45) is 0 Å². The van der Waals surface area contributed by atoms with Gasteiger partial charge in [-0.15, -0.1) is 0 Å². The second-order valence-electron chi connectivity index (χ2n) is 2.87. The van der Waals surface area contributed by atoms with Crippen LogP contribution in [0.3, 0.4) is 0 Å². The summed E-state index contributed by atoms with van der Waals surface area (Å²) in [5.41, 5.74) is 1.22. The molecule has 2 aromatic rings. The summed E-state index contributed by atoms with van der Waals surface area (Å²) < 4.78 is 10.4. The van der Waals surface area contributed by atoms with Crippen LogP contribution in [-0.4, -0.2) is 0 Å². The Balaban J connectivity index is 2.15. The second-order valence-corrected chi connectivity index (χ2v) is 2.87. The summed E-state index contributed by atoms with van der Waals surface area (Å²) in [4.78, 5) is 0. The van der Waals surface area contributed by atoms with Crippen molar-refractivity contribution in [3.8, 4) is 11.5 Å². The molecule has 0 aliphatic carbocycles. The van der Waals surface area contributed by atoms with Gasteiger partial charge in [-0.05, 0) is 19.1 Å². The van der Waals surface area contributed by atoms with Crippen LogP contribution in [0.2, 0.25) is 0 Å². The van der Waals surface area contributed by atoms with E-state index in [0.29, 0.717) is 0 Å². The molecule has 0 saturated carbocycles. The van der Waals surface area contributed by atoms with E-state index in [-0.39, 0.29) is 0 Å². The molecule has 0 N–H and O–H groups in total. The maximum Gasteiger partial charge on any atom is 0.165 e. The van der Waals surface area contributed by atoms with Gasteiger partial charge in [0.15, 0.2) is 5.75 Å². The normalized spacial score (nSPS) is 9.92. The summed E-state index contributed by atoms with van der Waals surface area (Å²) in [5.74, 6) is 1.55. The third kappa shape index (κ3) is 1.90. The van der Waals surface area contributed by atoms with Gasteiger partial charge in [0, 0.05) is 6.07 Å². The molecule has 1 aromatic carbocycles. The summed E-state index contributed by atoms with van der Waals surface area (Å²) in [7, 11) is 0. The average Bonchev–Trinajstić information content (AvgIpc) is 2.62. The van der Waals surface area contributed by atoms with Crippen molar-refractivity contribution in [1.82, 2.24) is 0 Å². The van der Waals surface area contributed by atoms with Crippen molar-refractivity contribution in [1.29, 1.82) is 0 Å². The Bertz CT molecular complexity index is 359. The monoisotopic (exact) mass is 174 g/mol. The van der Waals surface area contributed by atoms with Gasteiger partial charge in [0.2, 0.25) is 0 Å². The first-order chi connectivity index (χ1) is 6.34. The fraction of sp³-hybridized carbons (Fsp3) is 0.0909. The topological polar surface area (TPSA) is 22.4 Å². The highest BCUT2D eigenvalue weighted by atomic mass is 16.5. The molecule has 1 aromatic heterocycles. The summed E-state index contributed by atoms with van der Waals surface area (Å²) in [6, 6.07) is 9.66. The van der Waals surface area contributed by atoms with Crippen molar-refractivity contribution < 1.29 is 9.15 Å². The van der Waals surface area contributed by atoms with E-state index in [9.17, 15) is 0 Å². The van der Waals surface area contributed by atoms with Crippen molar-refractivity contribution >= 4 is 0 Å². The van der Waals surface area contributed by atoms with Gasteiger partial charge >= 0.3 is 0 Å². The average molecular weight is 174 g/mol. The first-order valence-corrected chi connectivity index (χ1v) is 4.11. The Morgan fingerprint density at radius 3 is 2.38 bits per heavy atom. The van der Waals surface area contributed by atoms with Gasteiger partial charge in [0.05, 0.1) is 6.26 Å². The van der Waals surface area contributed by atoms with E-state index in [2.05, 4.69) is 0 Å². The molecule has 0 spiro atoms. The molecule has 0 atom stereocenters. The molecule has 0 radical (unpaired) electrons. The largest absolute Gasteiger partial charge is 0.469 e. The highest BCUT2D eigenvalue weighted by Gasteiger charge is 1.96. The molecule has 13 heavy (non-hydrogen) atoms. The van der Waals surface area contributed by atoms with Gasteiger partial charge in [-0.2, -0.15) is 0 Å². The molecule has 66 valence electrons. The number of ether oxygens (including phenoxy) is 1. The summed E-state index contributed by atoms with van der Waals surface area (Å²) in [5, 5.41) is 0. The van der Waals surface area contributed by atoms with Crippen LogP contribution < -0.4 is 4.74 Å². The lowest BCUT2D eigenvalue weighted by Gasteiger charge is -2.01. The third-order valence-corrected chi connectivity index (χ3v) is 1.75. The molecule has 1 heterocycles. The van der Waals surface area contributed by atoms with Crippen molar-refractivity contribution in [3.05, 3.63) is 48.4 Å². The minimum Gasteiger partial charge on any atom is -0.469 e.